The van der Waals surface area contributed by atoms with E-state index in [4.69, 9.17) is 4.74 Å². The molecule has 0 saturated heterocycles. The van der Waals surface area contributed by atoms with E-state index in [-0.39, 0.29) is 24.8 Å². The van der Waals surface area contributed by atoms with Crippen molar-refractivity contribution in [1.82, 2.24) is 20.5 Å². The highest BCUT2D eigenvalue weighted by molar-refractivity contribution is 7.17. The third-order valence-electron chi connectivity index (χ3n) is 6.30. The fourth-order valence-electron chi connectivity index (χ4n) is 4.41. The van der Waals surface area contributed by atoms with E-state index in [1.165, 1.54) is 22.3 Å². The number of aromatic nitrogens is 3. The van der Waals surface area contributed by atoms with Crippen molar-refractivity contribution in [3.05, 3.63) is 59.0 Å². The van der Waals surface area contributed by atoms with Gasteiger partial charge < -0.3 is 10.1 Å². The summed E-state index contributed by atoms with van der Waals surface area (Å²) in [4.78, 5) is 36.4. The van der Waals surface area contributed by atoms with Crippen LogP contribution in [0.3, 0.4) is 0 Å². The van der Waals surface area contributed by atoms with Crippen LogP contribution < -0.4 is 10.2 Å². The van der Waals surface area contributed by atoms with Gasteiger partial charge in [-0.3, -0.25) is 19.7 Å². The molecule has 37 heavy (non-hydrogen) atoms. The zero-order valence-electron chi connectivity index (χ0n) is 20.8. The molecule has 4 heterocycles. The quantitative estimate of drug-likeness (QED) is 0.511. The van der Waals surface area contributed by atoms with E-state index in [0.717, 1.165) is 16.2 Å². The van der Waals surface area contributed by atoms with Gasteiger partial charge in [-0.1, -0.05) is 6.42 Å². The predicted molar refractivity (Wildman–Crippen MR) is 138 cm³/mol. The van der Waals surface area contributed by atoms with Crippen LogP contribution in [0.5, 0.6) is 0 Å². The van der Waals surface area contributed by atoms with Gasteiger partial charge >= 0.3 is 6.09 Å². The van der Waals surface area contributed by atoms with Crippen LogP contribution in [0, 0.1) is 5.82 Å². The molecule has 0 unspecified atom stereocenters. The van der Waals surface area contributed by atoms with E-state index < -0.39 is 17.1 Å². The van der Waals surface area contributed by atoms with Crippen molar-refractivity contribution in [2.75, 3.05) is 18.0 Å². The Balaban J connectivity index is 1.43. The second kappa shape index (κ2) is 9.62. The fourth-order valence-corrected chi connectivity index (χ4v) is 5.35. The van der Waals surface area contributed by atoms with Crippen LogP contribution in [0.15, 0.2) is 47.6 Å². The van der Waals surface area contributed by atoms with E-state index in [9.17, 15) is 14.0 Å². The number of aliphatic imine (C=N–C) groups is 1. The first-order chi connectivity index (χ1) is 17.6. The fraction of sp³-hybridized carbons (Fsp3) is 0.385. The minimum Gasteiger partial charge on any atom is -0.443 e. The second-order valence-electron chi connectivity index (χ2n) is 10.2. The van der Waals surface area contributed by atoms with Gasteiger partial charge in [-0.25, -0.2) is 9.18 Å². The highest BCUT2D eigenvalue weighted by atomic mass is 32.1. The van der Waals surface area contributed by atoms with Crippen molar-refractivity contribution in [2.24, 2.45) is 4.99 Å². The summed E-state index contributed by atoms with van der Waals surface area (Å²) in [5.41, 5.74) is -0.384. The number of carbonyl (C=O) groups excluding carboxylic acids is 2. The number of pyridine rings is 1. The van der Waals surface area contributed by atoms with Gasteiger partial charge in [0.2, 0.25) is 5.91 Å². The number of amides is 2. The van der Waals surface area contributed by atoms with Gasteiger partial charge in [0.1, 0.15) is 29.5 Å². The first kappa shape index (κ1) is 24.9. The molecule has 0 atom stereocenters. The molecule has 0 aromatic carbocycles. The van der Waals surface area contributed by atoms with Gasteiger partial charge in [-0.2, -0.15) is 0 Å². The topological polar surface area (TPSA) is 110 Å². The van der Waals surface area contributed by atoms with Crippen LogP contribution in [0.2, 0.25) is 0 Å². The van der Waals surface area contributed by atoms with Crippen molar-refractivity contribution in [3.63, 3.8) is 0 Å². The Kier molecular flexibility index (Phi) is 6.49. The first-order valence-corrected chi connectivity index (χ1v) is 12.9. The minimum absolute atomic E-state index is 0.126. The number of carbonyl (C=O) groups is 2. The molecule has 2 aliphatic rings. The van der Waals surface area contributed by atoms with Gasteiger partial charge in [-0.15, -0.1) is 21.5 Å². The largest absolute Gasteiger partial charge is 0.443 e. The maximum Gasteiger partial charge on any atom is 0.416 e. The minimum atomic E-state index is -0.725. The normalized spacial score (nSPS) is 16.5. The molecular weight excluding hydrogens is 495 g/mol. The molecular formula is C26H27FN6O3S. The van der Waals surface area contributed by atoms with Crippen LogP contribution >= 0.6 is 11.3 Å². The van der Waals surface area contributed by atoms with Crippen molar-refractivity contribution in [3.8, 4) is 10.6 Å². The molecule has 1 N–H and O–H groups in total. The summed E-state index contributed by atoms with van der Waals surface area (Å²) in [5.74, 6) is 0.342. The molecule has 3 aromatic heterocycles. The smallest absolute Gasteiger partial charge is 0.416 e. The van der Waals surface area contributed by atoms with Gasteiger partial charge in [-0.05, 0) is 70.0 Å². The van der Waals surface area contributed by atoms with Crippen LogP contribution in [-0.2, 0) is 14.9 Å². The molecule has 0 radical (unpaired) electrons. The molecule has 9 nitrogen and oxygen atoms in total. The molecule has 3 aromatic rings. The number of hydrogen-bond donors (Lipinski definition) is 1. The average molecular weight is 523 g/mol. The van der Waals surface area contributed by atoms with Gasteiger partial charge in [0, 0.05) is 18.2 Å². The summed E-state index contributed by atoms with van der Waals surface area (Å²) >= 11 is 1.43. The van der Waals surface area contributed by atoms with Crippen molar-refractivity contribution >= 4 is 35.0 Å². The van der Waals surface area contributed by atoms with E-state index in [1.54, 1.807) is 45.2 Å². The van der Waals surface area contributed by atoms with E-state index in [2.05, 4.69) is 25.5 Å². The third-order valence-corrected chi connectivity index (χ3v) is 7.42. The summed E-state index contributed by atoms with van der Waals surface area (Å²) < 4.78 is 20.4. The third kappa shape index (κ3) is 5.22. The number of ether oxygens (including phenoxy) is 1. The van der Waals surface area contributed by atoms with Gasteiger partial charge in [0.25, 0.3) is 0 Å². The standard InChI is InChI=1S/C26H27FN6O3S/c1-25(2,3)36-24(35)33(15-26(11-5-12-26)22-16(27)6-4-13-28-22)20-10-7-17(31-32-20)18-8-9-19(37-18)23-29-14-21(34)30-23/h4,6-10,13H,5,11-12,14-15H2,1-3H3,(H,29,30,34). The Bertz CT molecular complexity index is 1360. The number of nitrogens with one attached hydrogen (secondary N) is 1. The lowest BCUT2D eigenvalue weighted by molar-refractivity contribution is -0.117. The number of rotatable bonds is 6. The average Bonchev–Trinajstić information content (AvgIpc) is 3.48. The highest BCUT2D eigenvalue weighted by Crippen LogP contribution is 2.45. The summed E-state index contributed by atoms with van der Waals surface area (Å²) in [7, 11) is 0. The molecule has 5 rings (SSSR count). The van der Waals surface area contributed by atoms with E-state index in [1.807, 2.05) is 12.1 Å². The molecule has 192 valence electrons. The monoisotopic (exact) mass is 522 g/mol. The summed E-state index contributed by atoms with van der Waals surface area (Å²) in [5, 5.41) is 11.4. The van der Waals surface area contributed by atoms with Crippen molar-refractivity contribution < 1.29 is 18.7 Å². The predicted octanol–water partition coefficient (Wildman–Crippen LogP) is 4.48. The second-order valence-corrected chi connectivity index (χ2v) is 11.3. The summed E-state index contributed by atoms with van der Waals surface area (Å²) in [6, 6.07) is 10.2. The van der Waals surface area contributed by atoms with Crippen LogP contribution in [0.1, 0.15) is 50.6 Å². The molecule has 1 saturated carbocycles. The Labute approximate surface area is 217 Å². The molecule has 1 aliphatic carbocycles. The number of anilines is 1. The number of thiophene rings is 1. The first-order valence-electron chi connectivity index (χ1n) is 12.0. The Hall–Kier alpha value is -3.73. The highest BCUT2D eigenvalue weighted by Gasteiger charge is 2.45. The van der Waals surface area contributed by atoms with Crippen LogP contribution in [0.4, 0.5) is 15.0 Å². The number of amidine groups is 1. The van der Waals surface area contributed by atoms with E-state index >= 15 is 0 Å². The van der Waals surface area contributed by atoms with Crippen LogP contribution in [0.25, 0.3) is 10.6 Å². The summed E-state index contributed by atoms with van der Waals surface area (Å²) in [6.07, 6.45) is 3.30. The van der Waals surface area contributed by atoms with Crippen LogP contribution in [-0.4, -0.2) is 51.7 Å². The Morgan fingerprint density at radius 1 is 1.16 bits per heavy atom. The lowest BCUT2D eigenvalue weighted by Gasteiger charge is -2.44. The number of hydrogen-bond acceptors (Lipinski definition) is 8. The number of halogens is 1. The maximum absolute atomic E-state index is 14.8. The zero-order chi connectivity index (χ0) is 26.2. The lowest BCUT2D eigenvalue weighted by Crippen LogP contribution is -2.50. The molecule has 1 fully saturated rings. The summed E-state index contributed by atoms with van der Waals surface area (Å²) in [6.45, 7) is 5.68. The van der Waals surface area contributed by atoms with Crippen molar-refractivity contribution in [2.45, 2.75) is 51.0 Å². The molecule has 2 amide bonds. The van der Waals surface area contributed by atoms with Crippen molar-refractivity contribution in [1.29, 1.82) is 0 Å². The van der Waals surface area contributed by atoms with Gasteiger partial charge in [0.15, 0.2) is 5.82 Å². The SMILES string of the molecule is CC(C)(C)OC(=O)N(CC1(c2ncccc2F)CCC1)c1ccc(-c2ccc(C3=NCC(=O)N3)s2)nn1. The van der Waals surface area contributed by atoms with Gasteiger partial charge in [0.05, 0.1) is 15.4 Å². The zero-order valence-corrected chi connectivity index (χ0v) is 21.6. The Morgan fingerprint density at radius 3 is 2.54 bits per heavy atom. The molecule has 11 heteroatoms. The molecule has 1 aliphatic heterocycles. The Morgan fingerprint density at radius 2 is 1.95 bits per heavy atom. The van der Waals surface area contributed by atoms with E-state index in [0.29, 0.717) is 35.9 Å². The lowest BCUT2D eigenvalue weighted by atomic mass is 9.66. The molecule has 0 spiro atoms. The molecule has 0 bridgehead atoms. The number of nitrogens with zero attached hydrogens (tertiary/aromatic N) is 5. The maximum atomic E-state index is 14.8.